The number of carboxylic acid groups (broad SMARTS) is 1. The Morgan fingerprint density at radius 3 is 2.53 bits per heavy atom. The molecule has 0 saturated heterocycles. The molecule has 88 valence electrons. The van der Waals surface area contributed by atoms with E-state index in [9.17, 15) is 9.59 Å². The molecule has 0 aliphatic heterocycles. The number of hydrogen-bond acceptors (Lipinski definition) is 3. The summed E-state index contributed by atoms with van der Waals surface area (Å²) in [5.74, 6) is -0.754. The molecular formula is C10H19NO4. The van der Waals surface area contributed by atoms with Gasteiger partial charge in [-0.3, -0.25) is 9.59 Å². The molecule has 5 nitrogen and oxygen atoms in total. The molecule has 0 radical (unpaired) electrons. The summed E-state index contributed by atoms with van der Waals surface area (Å²) >= 11 is 0. The van der Waals surface area contributed by atoms with E-state index < -0.39 is 5.97 Å². The van der Waals surface area contributed by atoms with Crippen molar-refractivity contribution in [2.24, 2.45) is 5.92 Å². The minimum absolute atomic E-state index is 0.0274. The van der Waals surface area contributed by atoms with Gasteiger partial charge >= 0.3 is 5.97 Å². The fourth-order valence-electron chi connectivity index (χ4n) is 1.10. The van der Waals surface area contributed by atoms with Crippen LogP contribution in [0.15, 0.2) is 0 Å². The van der Waals surface area contributed by atoms with Gasteiger partial charge in [0, 0.05) is 26.0 Å². The number of rotatable bonds is 8. The number of carbonyl (C=O) groups excluding carboxylic acids is 1. The van der Waals surface area contributed by atoms with E-state index in [0.29, 0.717) is 19.4 Å². The van der Waals surface area contributed by atoms with Crippen LogP contribution in [0, 0.1) is 5.92 Å². The Morgan fingerprint density at radius 2 is 2.00 bits per heavy atom. The number of amides is 1. The molecule has 0 aromatic carbocycles. The van der Waals surface area contributed by atoms with Gasteiger partial charge in [-0.15, -0.1) is 0 Å². The predicted molar refractivity (Wildman–Crippen MR) is 55.4 cm³/mol. The van der Waals surface area contributed by atoms with Crippen LogP contribution in [-0.4, -0.2) is 35.2 Å². The highest BCUT2D eigenvalue weighted by Crippen LogP contribution is 1.99. The van der Waals surface area contributed by atoms with E-state index in [-0.39, 0.29) is 31.3 Å². The minimum Gasteiger partial charge on any atom is -0.481 e. The summed E-state index contributed by atoms with van der Waals surface area (Å²) in [5.41, 5.74) is 0. The van der Waals surface area contributed by atoms with Crippen LogP contribution in [0.1, 0.15) is 32.6 Å². The van der Waals surface area contributed by atoms with E-state index in [1.807, 2.05) is 6.92 Å². The van der Waals surface area contributed by atoms with Crippen LogP contribution in [0.5, 0.6) is 0 Å². The number of aliphatic hydroxyl groups is 1. The summed E-state index contributed by atoms with van der Waals surface area (Å²) in [7, 11) is 0. The van der Waals surface area contributed by atoms with Crippen molar-refractivity contribution in [3.63, 3.8) is 0 Å². The lowest BCUT2D eigenvalue weighted by molar-refractivity contribution is -0.137. The summed E-state index contributed by atoms with van der Waals surface area (Å²) < 4.78 is 0. The summed E-state index contributed by atoms with van der Waals surface area (Å²) in [4.78, 5) is 21.3. The van der Waals surface area contributed by atoms with Gasteiger partial charge in [-0.05, 0) is 18.8 Å². The maximum absolute atomic E-state index is 11.2. The summed E-state index contributed by atoms with van der Waals surface area (Å²) in [6.45, 7) is 2.59. The first-order chi connectivity index (χ1) is 7.06. The van der Waals surface area contributed by atoms with Gasteiger partial charge in [0.15, 0.2) is 0 Å². The Hall–Kier alpha value is -1.10. The molecule has 0 spiro atoms. The maximum Gasteiger partial charge on any atom is 0.303 e. The first-order valence-corrected chi connectivity index (χ1v) is 5.15. The zero-order valence-corrected chi connectivity index (χ0v) is 9.03. The smallest absolute Gasteiger partial charge is 0.303 e. The molecule has 5 heteroatoms. The highest BCUT2D eigenvalue weighted by atomic mass is 16.4. The van der Waals surface area contributed by atoms with Crippen LogP contribution in [0.25, 0.3) is 0 Å². The van der Waals surface area contributed by atoms with E-state index >= 15 is 0 Å². The highest BCUT2D eigenvalue weighted by molar-refractivity contribution is 5.76. The van der Waals surface area contributed by atoms with Crippen molar-refractivity contribution in [2.45, 2.75) is 32.6 Å². The largest absolute Gasteiger partial charge is 0.481 e. The first kappa shape index (κ1) is 13.9. The topological polar surface area (TPSA) is 86.6 Å². The molecule has 0 aromatic rings. The highest BCUT2D eigenvalue weighted by Gasteiger charge is 2.06. The second kappa shape index (κ2) is 8.23. The lowest BCUT2D eigenvalue weighted by Gasteiger charge is -2.10. The molecule has 15 heavy (non-hydrogen) atoms. The van der Waals surface area contributed by atoms with E-state index in [0.717, 1.165) is 0 Å². The summed E-state index contributed by atoms with van der Waals surface area (Å²) in [6, 6.07) is 0. The average Bonchev–Trinajstić information content (AvgIpc) is 2.14. The Balaban J connectivity index is 3.44. The van der Waals surface area contributed by atoms with E-state index in [1.54, 1.807) is 0 Å². The number of aliphatic carboxylic acids is 1. The fraction of sp³-hybridized carbons (Fsp3) is 0.800. The van der Waals surface area contributed by atoms with Crippen LogP contribution >= 0.6 is 0 Å². The molecule has 3 N–H and O–H groups in total. The Bertz CT molecular complexity index is 206. The zero-order valence-electron chi connectivity index (χ0n) is 9.03. The van der Waals surface area contributed by atoms with Gasteiger partial charge in [0.05, 0.1) is 0 Å². The Kier molecular flexibility index (Phi) is 7.62. The number of carboxylic acids is 1. The lowest BCUT2D eigenvalue weighted by Crippen LogP contribution is -2.28. The monoisotopic (exact) mass is 217 g/mol. The third kappa shape index (κ3) is 9.21. The van der Waals surface area contributed by atoms with E-state index in [1.165, 1.54) is 0 Å². The van der Waals surface area contributed by atoms with Crippen molar-refractivity contribution >= 4 is 11.9 Å². The van der Waals surface area contributed by atoms with Crippen molar-refractivity contribution in [1.29, 1.82) is 0 Å². The van der Waals surface area contributed by atoms with Crippen LogP contribution < -0.4 is 5.32 Å². The standard InChI is InChI=1S/C10H19NO4/c1-8(5-6-12)7-11-9(13)3-2-4-10(14)15/h8,12H,2-7H2,1H3,(H,11,13)(H,14,15). The number of hydrogen-bond donors (Lipinski definition) is 3. The van der Waals surface area contributed by atoms with Crippen molar-refractivity contribution < 1.29 is 19.8 Å². The van der Waals surface area contributed by atoms with Crippen LogP contribution in [0.4, 0.5) is 0 Å². The van der Waals surface area contributed by atoms with Gasteiger partial charge in [-0.25, -0.2) is 0 Å². The molecule has 0 fully saturated rings. The quantitative estimate of drug-likeness (QED) is 0.548. The molecule has 0 bridgehead atoms. The lowest BCUT2D eigenvalue weighted by atomic mass is 10.1. The Morgan fingerprint density at radius 1 is 1.33 bits per heavy atom. The predicted octanol–water partition coefficient (Wildman–Crippen LogP) is 0.376. The van der Waals surface area contributed by atoms with Crippen LogP contribution in [0.3, 0.4) is 0 Å². The molecule has 0 aromatic heterocycles. The van der Waals surface area contributed by atoms with Gasteiger partial charge in [0.1, 0.15) is 0 Å². The molecule has 1 unspecified atom stereocenters. The number of nitrogens with one attached hydrogen (secondary N) is 1. The molecular weight excluding hydrogens is 198 g/mol. The SMILES string of the molecule is CC(CCO)CNC(=O)CCCC(=O)O. The molecule has 0 aliphatic rings. The van der Waals surface area contributed by atoms with Crippen LogP contribution in [-0.2, 0) is 9.59 Å². The second-order valence-corrected chi connectivity index (χ2v) is 3.67. The van der Waals surface area contributed by atoms with Crippen molar-refractivity contribution in [3.05, 3.63) is 0 Å². The third-order valence-corrected chi connectivity index (χ3v) is 2.06. The van der Waals surface area contributed by atoms with Crippen LogP contribution in [0.2, 0.25) is 0 Å². The summed E-state index contributed by atoms with van der Waals surface area (Å²) in [5, 5.41) is 19.7. The first-order valence-electron chi connectivity index (χ1n) is 5.15. The van der Waals surface area contributed by atoms with E-state index in [2.05, 4.69) is 5.32 Å². The molecule has 1 amide bonds. The third-order valence-electron chi connectivity index (χ3n) is 2.06. The normalized spacial score (nSPS) is 12.1. The van der Waals surface area contributed by atoms with Gasteiger partial charge < -0.3 is 15.5 Å². The fourth-order valence-corrected chi connectivity index (χ4v) is 1.10. The van der Waals surface area contributed by atoms with Gasteiger partial charge in [-0.2, -0.15) is 0 Å². The molecule has 0 aliphatic carbocycles. The van der Waals surface area contributed by atoms with Crippen molar-refractivity contribution in [1.82, 2.24) is 5.32 Å². The number of carbonyl (C=O) groups is 2. The molecule has 0 heterocycles. The average molecular weight is 217 g/mol. The molecule has 1 atom stereocenters. The van der Waals surface area contributed by atoms with Gasteiger partial charge in [0.2, 0.25) is 5.91 Å². The maximum atomic E-state index is 11.2. The zero-order chi connectivity index (χ0) is 11.7. The number of aliphatic hydroxyl groups excluding tert-OH is 1. The van der Waals surface area contributed by atoms with Gasteiger partial charge in [0.25, 0.3) is 0 Å². The Labute approximate surface area is 89.5 Å². The molecule has 0 rings (SSSR count). The molecule has 0 saturated carbocycles. The van der Waals surface area contributed by atoms with E-state index in [4.69, 9.17) is 10.2 Å². The second-order valence-electron chi connectivity index (χ2n) is 3.67. The summed E-state index contributed by atoms with van der Waals surface area (Å²) in [6.07, 6.45) is 1.31. The van der Waals surface area contributed by atoms with Crippen molar-refractivity contribution in [2.75, 3.05) is 13.2 Å². The van der Waals surface area contributed by atoms with Crippen molar-refractivity contribution in [3.8, 4) is 0 Å². The minimum atomic E-state index is -0.878. The van der Waals surface area contributed by atoms with Gasteiger partial charge in [-0.1, -0.05) is 6.92 Å².